The molecule has 2 atom stereocenters. The number of H-pyrrole nitrogens is 1. The van der Waals surface area contributed by atoms with E-state index in [1.807, 2.05) is 0 Å². The largest absolute Gasteiger partial charge is 0.390 e. The Balaban J connectivity index is 2.74. The summed E-state index contributed by atoms with van der Waals surface area (Å²) >= 11 is 0. The molecule has 0 aliphatic rings. The van der Waals surface area contributed by atoms with Gasteiger partial charge in [0, 0.05) is 7.05 Å². The summed E-state index contributed by atoms with van der Waals surface area (Å²) in [5.41, 5.74) is -1.15. The molecular weight excluding hydrogens is 240 g/mol. The Morgan fingerprint density at radius 3 is 2.67 bits per heavy atom. The van der Waals surface area contributed by atoms with Crippen LogP contribution in [0.5, 0.6) is 0 Å². The second-order valence-electron chi connectivity index (χ2n) is 3.97. The Labute approximate surface area is 101 Å². The van der Waals surface area contributed by atoms with Crippen molar-refractivity contribution in [3.8, 4) is 0 Å². The van der Waals surface area contributed by atoms with E-state index < -0.39 is 23.5 Å². The Kier molecular flexibility index (Phi) is 2.97. The molecule has 0 radical (unpaired) electrons. The van der Waals surface area contributed by atoms with E-state index >= 15 is 0 Å². The number of aliphatic hydroxyl groups is 2. The molecule has 0 saturated carbocycles. The second-order valence-corrected chi connectivity index (χ2v) is 3.97. The smallest absolute Gasteiger partial charge is 0.329 e. The zero-order chi connectivity index (χ0) is 13.4. The van der Waals surface area contributed by atoms with Crippen molar-refractivity contribution in [3.05, 3.63) is 32.7 Å². The van der Waals surface area contributed by atoms with Gasteiger partial charge in [-0.3, -0.25) is 14.3 Å². The predicted octanol–water partition coefficient (Wildman–Crippen LogP) is -1.57. The second kappa shape index (κ2) is 4.31. The van der Waals surface area contributed by atoms with Gasteiger partial charge in [0.05, 0.1) is 18.0 Å². The molecule has 2 aromatic rings. The van der Waals surface area contributed by atoms with Crippen molar-refractivity contribution in [2.75, 3.05) is 0 Å². The van der Waals surface area contributed by atoms with Crippen molar-refractivity contribution in [3.63, 3.8) is 0 Å². The zero-order valence-electron chi connectivity index (χ0n) is 9.78. The third-order valence-electron chi connectivity index (χ3n) is 2.59. The molecule has 18 heavy (non-hydrogen) atoms. The van der Waals surface area contributed by atoms with Gasteiger partial charge in [-0.05, 0) is 6.92 Å². The number of nitrogens with zero attached hydrogens (tertiary/aromatic N) is 3. The van der Waals surface area contributed by atoms with Crippen molar-refractivity contribution in [2.24, 2.45) is 7.05 Å². The van der Waals surface area contributed by atoms with E-state index in [1.165, 1.54) is 20.2 Å². The normalized spacial score (nSPS) is 14.7. The van der Waals surface area contributed by atoms with Gasteiger partial charge in [0.2, 0.25) is 0 Å². The molecule has 0 amide bonds. The van der Waals surface area contributed by atoms with E-state index in [0.717, 1.165) is 4.57 Å². The van der Waals surface area contributed by atoms with Crippen molar-refractivity contribution in [1.29, 1.82) is 0 Å². The highest BCUT2D eigenvalue weighted by molar-refractivity contribution is 5.68. The highest BCUT2D eigenvalue weighted by atomic mass is 16.3. The third-order valence-corrected chi connectivity index (χ3v) is 2.59. The van der Waals surface area contributed by atoms with Gasteiger partial charge >= 0.3 is 5.69 Å². The first-order valence-electron chi connectivity index (χ1n) is 5.24. The highest BCUT2D eigenvalue weighted by Gasteiger charge is 2.17. The van der Waals surface area contributed by atoms with Crippen LogP contribution in [-0.2, 0) is 7.05 Å². The van der Waals surface area contributed by atoms with Gasteiger partial charge in [0.25, 0.3) is 5.56 Å². The monoisotopic (exact) mass is 252 g/mol. The van der Waals surface area contributed by atoms with Crippen LogP contribution < -0.4 is 11.2 Å². The van der Waals surface area contributed by atoms with Crippen LogP contribution in [0.1, 0.15) is 18.7 Å². The van der Waals surface area contributed by atoms with E-state index in [9.17, 15) is 19.8 Å². The minimum atomic E-state index is -1.24. The molecule has 8 nitrogen and oxygen atoms in total. The molecule has 0 fully saturated rings. The highest BCUT2D eigenvalue weighted by Crippen LogP contribution is 2.14. The molecule has 0 saturated heterocycles. The molecule has 0 aromatic carbocycles. The van der Waals surface area contributed by atoms with Gasteiger partial charge in [-0.1, -0.05) is 0 Å². The number of aromatic amines is 1. The first-order valence-corrected chi connectivity index (χ1v) is 5.24. The standard InChI is InChI=1S/C10H12N4O4/c1-4(15)7(16)5-3-11-8-6(12-5)9(17)13-10(18)14(8)2/h3-4,7,15-16H,1-2H3,(H,13,17,18)/t4-,7-/m0/s1. The number of aromatic nitrogens is 4. The minimum Gasteiger partial charge on any atom is -0.390 e. The van der Waals surface area contributed by atoms with Crippen LogP contribution in [0.15, 0.2) is 15.8 Å². The first-order chi connectivity index (χ1) is 8.41. The van der Waals surface area contributed by atoms with Gasteiger partial charge in [0.15, 0.2) is 11.2 Å². The lowest BCUT2D eigenvalue weighted by molar-refractivity contribution is 0.0278. The van der Waals surface area contributed by atoms with E-state index in [-0.39, 0.29) is 16.9 Å². The van der Waals surface area contributed by atoms with Gasteiger partial charge in [0.1, 0.15) is 6.10 Å². The topological polar surface area (TPSA) is 121 Å². The Hall–Kier alpha value is -2.06. The number of hydrogen-bond donors (Lipinski definition) is 3. The summed E-state index contributed by atoms with van der Waals surface area (Å²) < 4.78 is 1.14. The molecule has 0 aliphatic carbocycles. The van der Waals surface area contributed by atoms with Crippen LogP contribution in [0, 0.1) is 0 Å². The molecule has 2 aromatic heterocycles. The Bertz CT molecular complexity index is 703. The maximum atomic E-state index is 11.6. The van der Waals surface area contributed by atoms with Crippen molar-refractivity contribution in [1.82, 2.24) is 19.5 Å². The SMILES string of the molecule is C[C@H](O)[C@H](O)c1cnc2c(n1)c(=O)[nH]c(=O)n2C. The molecule has 2 heterocycles. The van der Waals surface area contributed by atoms with Crippen molar-refractivity contribution < 1.29 is 10.2 Å². The molecule has 0 spiro atoms. The van der Waals surface area contributed by atoms with Crippen LogP contribution in [-0.4, -0.2) is 35.8 Å². The molecule has 0 bridgehead atoms. The number of aryl methyl sites for hydroxylation is 1. The minimum absolute atomic E-state index is 0.0608. The molecule has 8 heteroatoms. The van der Waals surface area contributed by atoms with Crippen LogP contribution in [0.2, 0.25) is 0 Å². The number of fused-ring (bicyclic) bond motifs is 1. The van der Waals surface area contributed by atoms with Gasteiger partial charge in [-0.2, -0.15) is 0 Å². The van der Waals surface area contributed by atoms with E-state index in [2.05, 4.69) is 15.0 Å². The lowest BCUT2D eigenvalue weighted by atomic mass is 10.2. The summed E-state index contributed by atoms with van der Waals surface area (Å²) in [5.74, 6) is 0. The lowest BCUT2D eigenvalue weighted by Crippen LogP contribution is -2.30. The molecule has 0 unspecified atom stereocenters. The molecule has 3 N–H and O–H groups in total. The quantitative estimate of drug-likeness (QED) is 0.593. The van der Waals surface area contributed by atoms with E-state index in [1.54, 1.807) is 0 Å². The zero-order valence-corrected chi connectivity index (χ0v) is 9.78. The van der Waals surface area contributed by atoms with Crippen molar-refractivity contribution in [2.45, 2.75) is 19.1 Å². The average molecular weight is 252 g/mol. The maximum absolute atomic E-state index is 11.6. The fraction of sp³-hybridized carbons (Fsp3) is 0.400. The maximum Gasteiger partial charge on any atom is 0.329 e. The van der Waals surface area contributed by atoms with E-state index in [4.69, 9.17) is 0 Å². The molecule has 0 aliphatic heterocycles. The first kappa shape index (κ1) is 12.4. The van der Waals surface area contributed by atoms with Gasteiger partial charge in [-0.25, -0.2) is 14.8 Å². The summed E-state index contributed by atoms with van der Waals surface area (Å²) in [6, 6.07) is 0. The summed E-state index contributed by atoms with van der Waals surface area (Å²) in [6.45, 7) is 1.39. The Morgan fingerprint density at radius 2 is 2.06 bits per heavy atom. The molecule has 96 valence electrons. The van der Waals surface area contributed by atoms with Gasteiger partial charge < -0.3 is 10.2 Å². The summed E-state index contributed by atoms with van der Waals surface area (Å²) in [6.07, 6.45) is -1.06. The van der Waals surface area contributed by atoms with Crippen LogP contribution in [0.3, 0.4) is 0 Å². The number of aliphatic hydroxyl groups excluding tert-OH is 2. The fourth-order valence-corrected chi connectivity index (χ4v) is 1.52. The molecule has 2 rings (SSSR count). The van der Waals surface area contributed by atoms with Crippen LogP contribution >= 0.6 is 0 Å². The number of hydrogen-bond acceptors (Lipinski definition) is 6. The summed E-state index contributed by atoms with van der Waals surface area (Å²) in [7, 11) is 1.44. The summed E-state index contributed by atoms with van der Waals surface area (Å²) in [4.78, 5) is 32.8. The predicted molar refractivity (Wildman–Crippen MR) is 62.0 cm³/mol. The van der Waals surface area contributed by atoms with Crippen LogP contribution in [0.4, 0.5) is 0 Å². The molecular formula is C10H12N4O4. The van der Waals surface area contributed by atoms with Gasteiger partial charge in [-0.15, -0.1) is 0 Å². The van der Waals surface area contributed by atoms with Crippen molar-refractivity contribution >= 4 is 11.2 Å². The summed E-state index contributed by atoms with van der Waals surface area (Å²) in [5, 5.41) is 18.9. The van der Waals surface area contributed by atoms with E-state index in [0.29, 0.717) is 0 Å². The van der Waals surface area contributed by atoms with Crippen LogP contribution in [0.25, 0.3) is 11.2 Å². The number of rotatable bonds is 2. The average Bonchev–Trinajstić information content (AvgIpc) is 2.34. The number of nitrogens with one attached hydrogen (secondary N) is 1. The Morgan fingerprint density at radius 1 is 1.39 bits per heavy atom. The lowest BCUT2D eigenvalue weighted by Gasteiger charge is -2.12. The third kappa shape index (κ3) is 1.91. The fourth-order valence-electron chi connectivity index (χ4n) is 1.52.